The minimum Gasteiger partial charge on any atom is -0.361 e. The molecule has 0 radical (unpaired) electrons. The summed E-state index contributed by atoms with van der Waals surface area (Å²) in [6.45, 7) is 0.429. The van der Waals surface area contributed by atoms with E-state index in [0.29, 0.717) is 13.0 Å². The van der Waals surface area contributed by atoms with Gasteiger partial charge in [0, 0.05) is 18.7 Å². The van der Waals surface area contributed by atoms with Crippen molar-refractivity contribution in [3.63, 3.8) is 0 Å². The summed E-state index contributed by atoms with van der Waals surface area (Å²) >= 11 is 0. The molecule has 114 valence electrons. The fourth-order valence-electron chi connectivity index (χ4n) is 1.80. The van der Waals surface area contributed by atoms with E-state index in [-0.39, 0.29) is 5.91 Å². The summed E-state index contributed by atoms with van der Waals surface area (Å²) in [6, 6.07) is 9.33. The lowest BCUT2D eigenvalue weighted by atomic mass is 10.1. The zero-order chi connectivity index (χ0) is 15.5. The van der Waals surface area contributed by atoms with Crippen LogP contribution < -0.4 is 16.4 Å². The van der Waals surface area contributed by atoms with E-state index in [1.807, 2.05) is 30.3 Å². The number of carbonyl (C=O) groups excluding carboxylic acids is 3. The molecule has 0 aliphatic carbocycles. The van der Waals surface area contributed by atoms with Gasteiger partial charge in [0.25, 0.3) is 0 Å². The topological polar surface area (TPSA) is 101 Å². The molecule has 3 amide bonds. The number of nitrogens with two attached hydrogens (primary N) is 1. The van der Waals surface area contributed by atoms with Crippen molar-refractivity contribution in [3.05, 3.63) is 30.3 Å². The average molecular weight is 291 g/mol. The Kier molecular flexibility index (Phi) is 7.56. The Morgan fingerprint density at radius 3 is 2.29 bits per heavy atom. The quantitative estimate of drug-likeness (QED) is 0.495. The molecule has 0 fully saturated rings. The first-order valence-corrected chi connectivity index (χ1v) is 7.02. The first kappa shape index (κ1) is 16.7. The summed E-state index contributed by atoms with van der Waals surface area (Å²) in [5.41, 5.74) is 5.60. The summed E-state index contributed by atoms with van der Waals surface area (Å²) in [5, 5.41) is 5.25. The van der Waals surface area contributed by atoms with E-state index in [4.69, 9.17) is 5.73 Å². The SMILES string of the molecule is NC(=O)C(=O)NCCCCCCC(=O)Nc1ccccc1. The van der Waals surface area contributed by atoms with Crippen LogP contribution in [0.2, 0.25) is 0 Å². The van der Waals surface area contributed by atoms with Crippen LogP contribution in [0.25, 0.3) is 0 Å². The second-order valence-electron chi connectivity index (χ2n) is 4.70. The number of hydrogen-bond acceptors (Lipinski definition) is 3. The van der Waals surface area contributed by atoms with Gasteiger partial charge in [0.05, 0.1) is 0 Å². The van der Waals surface area contributed by atoms with Gasteiger partial charge in [-0.15, -0.1) is 0 Å². The Bertz CT molecular complexity index is 474. The number of benzene rings is 1. The molecule has 0 aromatic heterocycles. The van der Waals surface area contributed by atoms with Gasteiger partial charge < -0.3 is 16.4 Å². The molecular formula is C15H21N3O3. The van der Waals surface area contributed by atoms with Gasteiger partial charge in [0.2, 0.25) is 5.91 Å². The van der Waals surface area contributed by atoms with Crippen molar-refractivity contribution < 1.29 is 14.4 Å². The summed E-state index contributed by atoms with van der Waals surface area (Å²) in [6.07, 6.45) is 3.82. The number of amides is 3. The highest BCUT2D eigenvalue weighted by molar-refractivity contribution is 6.34. The lowest BCUT2D eigenvalue weighted by molar-refractivity contribution is -0.137. The van der Waals surface area contributed by atoms with E-state index in [1.165, 1.54) is 0 Å². The molecule has 0 bridgehead atoms. The fraction of sp³-hybridized carbons (Fsp3) is 0.400. The first-order valence-electron chi connectivity index (χ1n) is 7.02. The molecule has 4 N–H and O–H groups in total. The van der Waals surface area contributed by atoms with Crippen LogP contribution in [0.4, 0.5) is 5.69 Å². The maximum atomic E-state index is 11.6. The smallest absolute Gasteiger partial charge is 0.309 e. The molecule has 1 aromatic carbocycles. The maximum Gasteiger partial charge on any atom is 0.309 e. The van der Waals surface area contributed by atoms with Crippen LogP contribution in [-0.2, 0) is 14.4 Å². The molecule has 1 aromatic rings. The van der Waals surface area contributed by atoms with Gasteiger partial charge in [-0.2, -0.15) is 0 Å². The van der Waals surface area contributed by atoms with E-state index in [0.717, 1.165) is 31.4 Å². The number of rotatable bonds is 8. The number of primary amides is 1. The highest BCUT2D eigenvalue weighted by atomic mass is 16.2. The normalized spacial score (nSPS) is 9.90. The molecule has 1 rings (SSSR count). The van der Waals surface area contributed by atoms with Gasteiger partial charge >= 0.3 is 11.8 Å². The van der Waals surface area contributed by atoms with E-state index in [9.17, 15) is 14.4 Å². The summed E-state index contributed by atoms with van der Waals surface area (Å²) in [5.74, 6) is -1.71. The molecule has 0 atom stereocenters. The zero-order valence-corrected chi connectivity index (χ0v) is 11.9. The van der Waals surface area contributed by atoms with Crippen molar-refractivity contribution in [3.8, 4) is 0 Å². The molecule has 6 heteroatoms. The Labute approximate surface area is 124 Å². The molecule has 6 nitrogen and oxygen atoms in total. The highest BCUT2D eigenvalue weighted by Crippen LogP contribution is 2.08. The van der Waals surface area contributed by atoms with E-state index in [2.05, 4.69) is 10.6 Å². The second-order valence-corrected chi connectivity index (χ2v) is 4.70. The third-order valence-electron chi connectivity index (χ3n) is 2.90. The number of anilines is 1. The monoisotopic (exact) mass is 291 g/mol. The predicted octanol–water partition coefficient (Wildman–Crippen LogP) is 1.18. The summed E-state index contributed by atoms with van der Waals surface area (Å²) in [4.78, 5) is 33.0. The van der Waals surface area contributed by atoms with Crippen LogP contribution in [0.5, 0.6) is 0 Å². The number of hydrogen-bond donors (Lipinski definition) is 3. The van der Waals surface area contributed by atoms with Crippen LogP contribution in [0.3, 0.4) is 0 Å². The Balaban J connectivity index is 2.00. The van der Waals surface area contributed by atoms with Crippen LogP contribution in [0.1, 0.15) is 32.1 Å². The molecule has 0 aliphatic heterocycles. The zero-order valence-electron chi connectivity index (χ0n) is 11.9. The van der Waals surface area contributed by atoms with Crippen LogP contribution in [0.15, 0.2) is 30.3 Å². The van der Waals surface area contributed by atoms with Gasteiger partial charge in [-0.1, -0.05) is 31.0 Å². The third-order valence-corrected chi connectivity index (χ3v) is 2.90. The number of para-hydroxylation sites is 1. The number of unbranched alkanes of at least 4 members (excludes halogenated alkanes) is 3. The molecule has 0 aliphatic rings. The van der Waals surface area contributed by atoms with Gasteiger partial charge in [-0.3, -0.25) is 14.4 Å². The van der Waals surface area contributed by atoms with Crippen molar-refractivity contribution in [2.75, 3.05) is 11.9 Å². The average Bonchev–Trinajstić information content (AvgIpc) is 2.46. The molecule has 0 spiro atoms. The van der Waals surface area contributed by atoms with Crippen molar-refractivity contribution >= 4 is 23.4 Å². The van der Waals surface area contributed by atoms with Gasteiger partial charge in [-0.05, 0) is 25.0 Å². The van der Waals surface area contributed by atoms with E-state index >= 15 is 0 Å². The van der Waals surface area contributed by atoms with Gasteiger partial charge in [0.1, 0.15) is 0 Å². The van der Waals surface area contributed by atoms with E-state index < -0.39 is 11.8 Å². The molecule has 0 heterocycles. The van der Waals surface area contributed by atoms with Crippen molar-refractivity contribution in [2.24, 2.45) is 5.73 Å². The van der Waals surface area contributed by atoms with Crippen molar-refractivity contribution in [1.29, 1.82) is 0 Å². The van der Waals surface area contributed by atoms with Crippen LogP contribution in [0, 0.1) is 0 Å². The Morgan fingerprint density at radius 1 is 0.952 bits per heavy atom. The Hall–Kier alpha value is -2.37. The standard InChI is InChI=1S/C15H21N3O3/c16-14(20)15(21)17-11-7-2-1-6-10-13(19)18-12-8-4-3-5-9-12/h3-5,8-9H,1-2,6-7,10-11H2,(H2,16,20)(H,17,21)(H,18,19). The minimum absolute atomic E-state index is 0.00299. The maximum absolute atomic E-state index is 11.6. The van der Waals surface area contributed by atoms with Crippen LogP contribution >= 0.6 is 0 Å². The molecule has 21 heavy (non-hydrogen) atoms. The van der Waals surface area contributed by atoms with Crippen molar-refractivity contribution in [2.45, 2.75) is 32.1 Å². The first-order chi connectivity index (χ1) is 10.1. The fourth-order valence-corrected chi connectivity index (χ4v) is 1.80. The minimum atomic E-state index is -0.965. The lowest BCUT2D eigenvalue weighted by Gasteiger charge is -2.05. The number of carbonyl (C=O) groups is 3. The summed E-state index contributed by atoms with van der Waals surface area (Å²) < 4.78 is 0. The number of nitrogens with one attached hydrogen (secondary N) is 2. The van der Waals surface area contributed by atoms with Gasteiger partial charge in [-0.25, -0.2) is 0 Å². The predicted molar refractivity (Wildman–Crippen MR) is 80.4 cm³/mol. The highest BCUT2D eigenvalue weighted by Gasteiger charge is 2.06. The lowest BCUT2D eigenvalue weighted by Crippen LogP contribution is -2.36. The van der Waals surface area contributed by atoms with E-state index in [1.54, 1.807) is 0 Å². The molecule has 0 unspecified atom stereocenters. The molecular weight excluding hydrogens is 270 g/mol. The van der Waals surface area contributed by atoms with Crippen molar-refractivity contribution in [1.82, 2.24) is 5.32 Å². The molecule has 0 saturated heterocycles. The second kappa shape index (κ2) is 9.52. The van der Waals surface area contributed by atoms with Crippen LogP contribution in [-0.4, -0.2) is 24.3 Å². The molecule has 0 saturated carbocycles. The Morgan fingerprint density at radius 2 is 1.62 bits per heavy atom. The van der Waals surface area contributed by atoms with Gasteiger partial charge in [0.15, 0.2) is 0 Å². The largest absolute Gasteiger partial charge is 0.361 e. The summed E-state index contributed by atoms with van der Waals surface area (Å²) in [7, 11) is 0. The third kappa shape index (κ3) is 7.71.